The summed E-state index contributed by atoms with van der Waals surface area (Å²) in [5, 5.41) is 12.5. The molecule has 4 heteroatoms. The lowest BCUT2D eigenvalue weighted by Crippen LogP contribution is -2.30. The fraction of sp³-hybridized carbons (Fsp3) is 0.294. The van der Waals surface area contributed by atoms with Gasteiger partial charge in [-0.3, -0.25) is 4.98 Å². The van der Waals surface area contributed by atoms with Gasteiger partial charge < -0.3 is 10.4 Å². The Morgan fingerprint density at radius 1 is 1.10 bits per heavy atom. The molecule has 0 spiro atoms. The maximum absolute atomic E-state index is 10.9. The smallest absolute Gasteiger partial charge is 0.335 e. The van der Waals surface area contributed by atoms with Crippen LogP contribution in [0.2, 0.25) is 0 Å². The Hall–Kier alpha value is -2.20. The molecule has 2 heterocycles. The number of nitrogens with one attached hydrogen (secondary N) is 1. The number of benzene rings is 1. The Morgan fingerprint density at radius 3 is 2.48 bits per heavy atom. The lowest BCUT2D eigenvalue weighted by atomic mass is 9.84. The summed E-state index contributed by atoms with van der Waals surface area (Å²) in [4.78, 5) is 15.0. The van der Waals surface area contributed by atoms with Crippen molar-refractivity contribution in [1.29, 1.82) is 0 Å². The Balaban J connectivity index is 1.75. The van der Waals surface area contributed by atoms with Gasteiger partial charge >= 0.3 is 5.97 Å². The molecule has 0 saturated carbocycles. The molecule has 0 aliphatic carbocycles. The Morgan fingerprint density at radius 2 is 1.81 bits per heavy atom. The number of aromatic carboxylic acids is 1. The van der Waals surface area contributed by atoms with Crippen LogP contribution in [0.3, 0.4) is 0 Å². The van der Waals surface area contributed by atoms with Gasteiger partial charge in [0.1, 0.15) is 0 Å². The van der Waals surface area contributed by atoms with Crippen LogP contribution in [0.1, 0.15) is 46.3 Å². The summed E-state index contributed by atoms with van der Waals surface area (Å²) in [5.41, 5.74) is 2.82. The molecule has 2 aromatic rings. The molecule has 1 aromatic carbocycles. The maximum atomic E-state index is 10.9. The number of hydrogen-bond acceptors (Lipinski definition) is 3. The van der Waals surface area contributed by atoms with Crippen LogP contribution in [0.15, 0.2) is 48.8 Å². The highest BCUT2D eigenvalue weighted by molar-refractivity contribution is 5.87. The molecule has 108 valence electrons. The van der Waals surface area contributed by atoms with E-state index in [9.17, 15) is 4.79 Å². The summed E-state index contributed by atoms with van der Waals surface area (Å²) in [6.07, 6.45) is 5.83. The van der Waals surface area contributed by atoms with E-state index in [1.807, 2.05) is 24.5 Å². The van der Waals surface area contributed by atoms with Crippen molar-refractivity contribution in [1.82, 2.24) is 10.3 Å². The number of aromatic nitrogens is 1. The Kier molecular flexibility index (Phi) is 3.97. The molecule has 1 fully saturated rings. The summed E-state index contributed by atoms with van der Waals surface area (Å²) < 4.78 is 0. The zero-order valence-electron chi connectivity index (χ0n) is 11.7. The molecule has 3 rings (SSSR count). The van der Waals surface area contributed by atoms with Crippen LogP contribution in [0.5, 0.6) is 0 Å². The van der Waals surface area contributed by atoms with E-state index >= 15 is 0 Å². The minimum atomic E-state index is -0.882. The van der Waals surface area contributed by atoms with E-state index < -0.39 is 5.97 Å². The molecule has 1 saturated heterocycles. The average Bonchev–Trinajstić information content (AvgIpc) is 2.56. The van der Waals surface area contributed by atoms with Gasteiger partial charge in [0.25, 0.3) is 0 Å². The van der Waals surface area contributed by atoms with E-state index in [2.05, 4.69) is 22.4 Å². The van der Waals surface area contributed by atoms with Gasteiger partial charge in [0.15, 0.2) is 0 Å². The first-order valence-electron chi connectivity index (χ1n) is 7.20. The van der Waals surface area contributed by atoms with Crippen molar-refractivity contribution in [2.75, 3.05) is 6.54 Å². The number of piperidine rings is 1. The summed E-state index contributed by atoms with van der Waals surface area (Å²) in [6.45, 7) is 0.971. The van der Waals surface area contributed by atoms with Crippen LogP contribution in [0.25, 0.3) is 0 Å². The fourth-order valence-electron chi connectivity index (χ4n) is 2.97. The minimum absolute atomic E-state index is 0.278. The van der Waals surface area contributed by atoms with E-state index in [1.165, 1.54) is 5.56 Å². The van der Waals surface area contributed by atoms with Crippen LogP contribution in [0.4, 0.5) is 0 Å². The summed E-state index contributed by atoms with van der Waals surface area (Å²) in [6, 6.07) is 11.6. The van der Waals surface area contributed by atoms with Crippen LogP contribution >= 0.6 is 0 Å². The molecule has 1 aliphatic rings. The third kappa shape index (κ3) is 3.11. The number of carboxylic acid groups (broad SMARTS) is 1. The van der Waals surface area contributed by atoms with Gasteiger partial charge in [-0.2, -0.15) is 0 Å². The SMILES string of the molecule is O=C(O)c1ccc([C@@H]2CC(c3ccncc3)CCN2)cc1. The van der Waals surface area contributed by atoms with Gasteiger partial charge in [-0.15, -0.1) is 0 Å². The quantitative estimate of drug-likeness (QED) is 0.908. The monoisotopic (exact) mass is 282 g/mol. The summed E-state index contributed by atoms with van der Waals surface area (Å²) in [7, 11) is 0. The first kappa shape index (κ1) is 13.8. The molecule has 1 aliphatic heterocycles. The van der Waals surface area contributed by atoms with E-state index in [-0.39, 0.29) is 6.04 Å². The predicted octanol–water partition coefficient (Wildman–Crippen LogP) is 2.99. The zero-order chi connectivity index (χ0) is 14.7. The molecule has 2 atom stereocenters. The van der Waals surface area contributed by atoms with Gasteiger partial charge in [0, 0.05) is 18.4 Å². The number of hydrogen-bond donors (Lipinski definition) is 2. The first-order valence-corrected chi connectivity index (χ1v) is 7.20. The third-order valence-corrected chi connectivity index (χ3v) is 4.14. The molecular formula is C17H18N2O2. The third-order valence-electron chi connectivity index (χ3n) is 4.14. The highest BCUT2D eigenvalue weighted by atomic mass is 16.4. The second-order valence-electron chi connectivity index (χ2n) is 5.44. The number of carbonyl (C=O) groups is 1. The number of pyridine rings is 1. The molecule has 0 bridgehead atoms. The van der Waals surface area contributed by atoms with E-state index in [1.54, 1.807) is 12.1 Å². The van der Waals surface area contributed by atoms with Gasteiger partial charge in [-0.05, 0) is 60.7 Å². The van der Waals surface area contributed by atoms with Crippen molar-refractivity contribution < 1.29 is 9.90 Å². The average molecular weight is 282 g/mol. The Labute approximate surface area is 123 Å². The van der Waals surface area contributed by atoms with Crippen molar-refractivity contribution in [2.45, 2.75) is 24.8 Å². The molecule has 2 N–H and O–H groups in total. The normalized spacial score (nSPS) is 21.9. The lowest BCUT2D eigenvalue weighted by molar-refractivity contribution is 0.0697. The largest absolute Gasteiger partial charge is 0.478 e. The topological polar surface area (TPSA) is 62.2 Å². The van der Waals surface area contributed by atoms with Gasteiger partial charge in [0.05, 0.1) is 5.56 Å². The molecule has 1 aromatic heterocycles. The molecule has 0 amide bonds. The van der Waals surface area contributed by atoms with E-state index in [4.69, 9.17) is 5.11 Å². The number of nitrogens with zero attached hydrogens (tertiary/aromatic N) is 1. The molecule has 1 unspecified atom stereocenters. The molecule has 21 heavy (non-hydrogen) atoms. The highest BCUT2D eigenvalue weighted by Crippen LogP contribution is 2.33. The van der Waals surface area contributed by atoms with Crippen LogP contribution in [-0.2, 0) is 0 Å². The molecular weight excluding hydrogens is 264 g/mol. The van der Waals surface area contributed by atoms with Crippen molar-refractivity contribution in [3.8, 4) is 0 Å². The first-order chi connectivity index (χ1) is 10.2. The van der Waals surface area contributed by atoms with Gasteiger partial charge in [-0.1, -0.05) is 12.1 Å². The highest BCUT2D eigenvalue weighted by Gasteiger charge is 2.23. The number of rotatable bonds is 3. The van der Waals surface area contributed by atoms with Gasteiger partial charge in [-0.25, -0.2) is 4.79 Å². The van der Waals surface area contributed by atoms with Crippen molar-refractivity contribution in [2.24, 2.45) is 0 Å². The lowest BCUT2D eigenvalue weighted by Gasteiger charge is -2.31. The summed E-state index contributed by atoms with van der Waals surface area (Å²) >= 11 is 0. The predicted molar refractivity (Wildman–Crippen MR) is 80.4 cm³/mol. The Bertz CT molecular complexity index is 610. The molecule has 0 radical (unpaired) electrons. The maximum Gasteiger partial charge on any atom is 0.335 e. The zero-order valence-corrected chi connectivity index (χ0v) is 11.7. The molecule has 4 nitrogen and oxygen atoms in total. The van der Waals surface area contributed by atoms with Crippen molar-refractivity contribution in [3.63, 3.8) is 0 Å². The second-order valence-corrected chi connectivity index (χ2v) is 5.44. The second kappa shape index (κ2) is 6.06. The van der Waals surface area contributed by atoms with Gasteiger partial charge in [0.2, 0.25) is 0 Å². The van der Waals surface area contributed by atoms with Crippen LogP contribution in [-0.4, -0.2) is 22.6 Å². The minimum Gasteiger partial charge on any atom is -0.478 e. The number of carboxylic acids is 1. The summed E-state index contributed by atoms with van der Waals surface area (Å²) in [5.74, 6) is -0.355. The van der Waals surface area contributed by atoms with Crippen LogP contribution < -0.4 is 5.32 Å². The van der Waals surface area contributed by atoms with Crippen LogP contribution in [0, 0.1) is 0 Å². The van der Waals surface area contributed by atoms with Crippen molar-refractivity contribution >= 4 is 5.97 Å². The fourth-order valence-corrected chi connectivity index (χ4v) is 2.97. The standard InChI is InChI=1S/C17H18N2O2/c20-17(21)14-3-1-13(2-4-14)16-11-15(7-10-19-16)12-5-8-18-9-6-12/h1-6,8-9,15-16,19H,7,10-11H2,(H,20,21)/t15?,16-/m0/s1. The van der Waals surface area contributed by atoms with E-state index in [0.717, 1.165) is 24.9 Å². The van der Waals surface area contributed by atoms with E-state index in [0.29, 0.717) is 11.5 Å². The van der Waals surface area contributed by atoms with Crippen molar-refractivity contribution in [3.05, 3.63) is 65.5 Å².